The lowest BCUT2D eigenvalue weighted by Crippen LogP contribution is -2.03. The molecule has 0 spiro atoms. The molecular weight excluding hydrogens is 409 g/mol. The number of hydrogen-bond donors (Lipinski definition) is 2. The van der Waals surface area contributed by atoms with E-state index >= 15 is 0 Å². The van der Waals surface area contributed by atoms with Gasteiger partial charge in [-0.1, -0.05) is 11.8 Å². The van der Waals surface area contributed by atoms with Gasteiger partial charge in [-0.3, -0.25) is 0 Å². The first kappa shape index (κ1) is 14.3. The van der Waals surface area contributed by atoms with Gasteiger partial charge in [-0.2, -0.15) is 0 Å². The molecule has 0 saturated carbocycles. The quantitative estimate of drug-likeness (QED) is 0.616. The van der Waals surface area contributed by atoms with Crippen molar-refractivity contribution in [3.8, 4) is 0 Å². The SMILES string of the molecule is Nc1ncnc2nc(Sc3cc4c(cc3I)CCCC4)[nH]c12. The predicted molar refractivity (Wildman–Crippen MR) is 96.0 cm³/mol. The Hall–Kier alpha value is -1.35. The fourth-order valence-corrected chi connectivity index (χ4v) is 4.50. The van der Waals surface area contributed by atoms with E-state index in [-0.39, 0.29) is 0 Å². The van der Waals surface area contributed by atoms with Crippen LogP contribution in [0.15, 0.2) is 28.5 Å². The van der Waals surface area contributed by atoms with Gasteiger partial charge in [-0.15, -0.1) is 0 Å². The summed E-state index contributed by atoms with van der Waals surface area (Å²) in [5.74, 6) is 0.435. The molecule has 0 atom stereocenters. The largest absolute Gasteiger partial charge is 0.382 e. The minimum absolute atomic E-state index is 0.435. The standard InChI is InChI=1S/C15H14IN5S/c16-10-5-8-3-1-2-4-9(8)6-11(10)22-15-20-12-13(17)18-7-19-14(12)21-15/h5-7H,1-4H2,(H3,17,18,19,20,21). The average molecular weight is 423 g/mol. The summed E-state index contributed by atoms with van der Waals surface area (Å²) in [7, 11) is 0. The lowest BCUT2D eigenvalue weighted by Gasteiger charge is -2.17. The van der Waals surface area contributed by atoms with E-state index in [9.17, 15) is 0 Å². The minimum Gasteiger partial charge on any atom is -0.382 e. The number of aromatic nitrogens is 4. The Morgan fingerprint density at radius 2 is 1.91 bits per heavy atom. The zero-order valence-electron chi connectivity index (χ0n) is 11.8. The molecular formula is C15H14IN5S. The normalized spacial score (nSPS) is 14.2. The molecule has 1 aromatic carbocycles. The van der Waals surface area contributed by atoms with Crippen LogP contribution in [0.4, 0.5) is 5.82 Å². The van der Waals surface area contributed by atoms with E-state index in [0.29, 0.717) is 17.0 Å². The molecule has 2 aromatic heterocycles. The third-order valence-corrected chi connectivity index (χ3v) is 6.10. The van der Waals surface area contributed by atoms with Gasteiger partial charge in [-0.05, 0) is 71.5 Å². The number of benzene rings is 1. The number of nitrogen functional groups attached to an aromatic ring is 1. The monoisotopic (exact) mass is 423 g/mol. The fraction of sp³-hybridized carbons (Fsp3) is 0.267. The van der Waals surface area contributed by atoms with E-state index < -0.39 is 0 Å². The Kier molecular flexibility index (Phi) is 3.69. The van der Waals surface area contributed by atoms with Crippen LogP contribution >= 0.6 is 34.4 Å². The maximum absolute atomic E-state index is 5.85. The van der Waals surface area contributed by atoms with E-state index in [4.69, 9.17) is 5.73 Å². The summed E-state index contributed by atoms with van der Waals surface area (Å²) in [5, 5.41) is 0.802. The van der Waals surface area contributed by atoms with E-state index in [1.54, 1.807) is 11.8 Å². The van der Waals surface area contributed by atoms with Crippen LogP contribution in [0, 0.1) is 3.57 Å². The Labute approximate surface area is 145 Å². The molecule has 0 amide bonds. The maximum atomic E-state index is 5.85. The van der Waals surface area contributed by atoms with Gasteiger partial charge in [0.1, 0.15) is 11.8 Å². The number of nitrogens with two attached hydrogens (primary N) is 1. The van der Waals surface area contributed by atoms with Crippen molar-refractivity contribution in [3.63, 3.8) is 0 Å². The number of aryl methyl sites for hydroxylation is 2. The van der Waals surface area contributed by atoms with Crippen LogP contribution < -0.4 is 5.73 Å². The third-order valence-electron chi connectivity index (χ3n) is 3.90. The molecule has 0 unspecified atom stereocenters. The molecule has 3 N–H and O–H groups in total. The van der Waals surface area contributed by atoms with Crippen molar-refractivity contribution in [2.24, 2.45) is 0 Å². The van der Waals surface area contributed by atoms with Crippen LogP contribution in [0.2, 0.25) is 0 Å². The second-order valence-corrected chi connectivity index (χ2v) is 7.55. The number of halogens is 1. The van der Waals surface area contributed by atoms with Crippen molar-refractivity contribution in [1.29, 1.82) is 0 Å². The molecule has 7 heteroatoms. The predicted octanol–water partition coefficient (Wildman–Crippen LogP) is 3.57. The second kappa shape index (κ2) is 5.69. The number of hydrogen-bond acceptors (Lipinski definition) is 5. The first-order valence-corrected chi connectivity index (χ1v) is 9.05. The highest BCUT2D eigenvalue weighted by atomic mass is 127. The topological polar surface area (TPSA) is 80.5 Å². The van der Waals surface area contributed by atoms with E-state index in [0.717, 1.165) is 5.16 Å². The molecule has 1 aliphatic rings. The summed E-state index contributed by atoms with van der Waals surface area (Å²) in [4.78, 5) is 17.1. The van der Waals surface area contributed by atoms with Gasteiger partial charge in [0.2, 0.25) is 0 Å². The van der Waals surface area contributed by atoms with Crippen LogP contribution in [-0.4, -0.2) is 19.9 Å². The molecule has 0 bridgehead atoms. The summed E-state index contributed by atoms with van der Waals surface area (Å²) >= 11 is 4.03. The zero-order chi connectivity index (χ0) is 15.1. The van der Waals surface area contributed by atoms with Gasteiger partial charge in [0.25, 0.3) is 0 Å². The van der Waals surface area contributed by atoms with Crippen LogP contribution in [0.5, 0.6) is 0 Å². The number of imidazole rings is 1. The third kappa shape index (κ3) is 2.56. The molecule has 5 nitrogen and oxygen atoms in total. The number of nitrogens with zero attached hydrogens (tertiary/aromatic N) is 3. The molecule has 112 valence electrons. The Morgan fingerprint density at radius 1 is 1.14 bits per heavy atom. The summed E-state index contributed by atoms with van der Waals surface area (Å²) in [6.45, 7) is 0. The van der Waals surface area contributed by atoms with E-state index in [2.05, 4.69) is 54.7 Å². The van der Waals surface area contributed by atoms with Crippen molar-refractivity contribution in [3.05, 3.63) is 33.2 Å². The molecule has 0 fully saturated rings. The van der Waals surface area contributed by atoms with Gasteiger partial charge in [0.05, 0.1) is 0 Å². The number of fused-ring (bicyclic) bond motifs is 2. The molecule has 22 heavy (non-hydrogen) atoms. The minimum atomic E-state index is 0.435. The van der Waals surface area contributed by atoms with Crippen LogP contribution in [0.25, 0.3) is 11.2 Å². The van der Waals surface area contributed by atoms with Gasteiger partial charge in [-0.25, -0.2) is 15.0 Å². The van der Waals surface area contributed by atoms with Crippen molar-refractivity contribution in [1.82, 2.24) is 19.9 Å². The number of anilines is 1. The number of nitrogens with one attached hydrogen (secondary N) is 1. The molecule has 0 saturated heterocycles. The smallest absolute Gasteiger partial charge is 0.183 e. The fourth-order valence-electron chi connectivity index (χ4n) is 2.79. The number of aromatic amines is 1. The zero-order valence-corrected chi connectivity index (χ0v) is 14.7. The first-order chi connectivity index (χ1) is 10.7. The summed E-state index contributed by atoms with van der Waals surface area (Å²) in [6.07, 6.45) is 6.41. The van der Waals surface area contributed by atoms with Crippen molar-refractivity contribution < 1.29 is 0 Å². The first-order valence-electron chi connectivity index (χ1n) is 7.16. The molecule has 0 aliphatic heterocycles. The van der Waals surface area contributed by atoms with Crippen LogP contribution in [0.1, 0.15) is 24.0 Å². The van der Waals surface area contributed by atoms with Gasteiger partial charge < -0.3 is 10.7 Å². The molecule has 3 aromatic rings. The Balaban J connectivity index is 1.71. The van der Waals surface area contributed by atoms with Crippen molar-refractivity contribution >= 4 is 51.3 Å². The maximum Gasteiger partial charge on any atom is 0.183 e. The molecule has 4 rings (SSSR count). The van der Waals surface area contributed by atoms with Crippen LogP contribution in [0.3, 0.4) is 0 Å². The highest BCUT2D eigenvalue weighted by molar-refractivity contribution is 14.1. The summed E-state index contributed by atoms with van der Waals surface area (Å²) in [5.41, 5.74) is 10.1. The van der Waals surface area contributed by atoms with Gasteiger partial charge in [0, 0.05) is 8.47 Å². The highest BCUT2D eigenvalue weighted by Crippen LogP contribution is 2.35. The van der Waals surface area contributed by atoms with Gasteiger partial charge in [0.15, 0.2) is 16.6 Å². The van der Waals surface area contributed by atoms with Gasteiger partial charge >= 0.3 is 0 Å². The average Bonchev–Trinajstić information content (AvgIpc) is 2.92. The molecule has 0 radical (unpaired) electrons. The molecule has 2 heterocycles. The Bertz CT molecular complexity index is 861. The summed E-state index contributed by atoms with van der Waals surface area (Å²) in [6, 6.07) is 4.62. The lowest BCUT2D eigenvalue weighted by atomic mass is 9.92. The van der Waals surface area contributed by atoms with E-state index in [1.165, 1.54) is 51.6 Å². The second-order valence-electron chi connectivity index (χ2n) is 5.36. The molecule has 1 aliphatic carbocycles. The highest BCUT2D eigenvalue weighted by Gasteiger charge is 2.15. The van der Waals surface area contributed by atoms with Crippen LogP contribution in [-0.2, 0) is 12.8 Å². The Morgan fingerprint density at radius 3 is 2.68 bits per heavy atom. The summed E-state index contributed by atoms with van der Waals surface area (Å²) < 4.78 is 1.27. The van der Waals surface area contributed by atoms with Crippen molar-refractivity contribution in [2.45, 2.75) is 35.7 Å². The number of rotatable bonds is 2. The van der Waals surface area contributed by atoms with Crippen molar-refractivity contribution in [2.75, 3.05) is 5.73 Å². The number of H-pyrrole nitrogens is 1. The van der Waals surface area contributed by atoms with E-state index in [1.807, 2.05) is 0 Å². The lowest BCUT2D eigenvalue weighted by molar-refractivity contribution is 0.683.